The van der Waals surface area contributed by atoms with E-state index in [0.29, 0.717) is 13.2 Å². The normalized spacial score (nSPS) is 20.4. The number of rotatable bonds is 6. The molecule has 1 aliphatic rings. The van der Waals surface area contributed by atoms with Gasteiger partial charge in [0.05, 0.1) is 32.1 Å². The summed E-state index contributed by atoms with van der Waals surface area (Å²) in [7, 11) is 1.48. The van der Waals surface area contributed by atoms with E-state index in [9.17, 15) is 8.42 Å². The van der Waals surface area contributed by atoms with Gasteiger partial charge in [-0.05, 0) is 37.1 Å². The first-order valence-electron chi connectivity index (χ1n) is 8.91. The second kappa shape index (κ2) is 7.61. The Morgan fingerprint density at radius 3 is 2.67 bits per heavy atom. The summed E-state index contributed by atoms with van der Waals surface area (Å²) in [5.41, 5.74) is 3.18. The van der Waals surface area contributed by atoms with Gasteiger partial charge in [0.1, 0.15) is 11.6 Å². The Morgan fingerprint density at radius 2 is 2.00 bits per heavy atom. The van der Waals surface area contributed by atoms with Crippen molar-refractivity contribution in [1.82, 2.24) is 13.9 Å². The summed E-state index contributed by atoms with van der Waals surface area (Å²) in [6.45, 7) is 4.97. The van der Waals surface area contributed by atoms with E-state index in [1.165, 1.54) is 4.31 Å². The summed E-state index contributed by atoms with van der Waals surface area (Å²) >= 11 is 0. The van der Waals surface area contributed by atoms with Crippen LogP contribution in [0.2, 0.25) is 0 Å². The van der Waals surface area contributed by atoms with Crippen LogP contribution in [0.1, 0.15) is 17.2 Å². The summed E-state index contributed by atoms with van der Waals surface area (Å²) in [4.78, 5) is 4.56. The van der Waals surface area contributed by atoms with Crippen LogP contribution in [-0.4, -0.2) is 62.4 Å². The van der Waals surface area contributed by atoms with Gasteiger partial charge >= 0.3 is 0 Å². The predicted octanol–water partition coefficient (Wildman–Crippen LogP) is 2.25. The van der Waals surface area contributed by atoms with Gasteiger partial charge in [-0.15, -0.1) is 0 Å². The Bertz CT molecular complexity index is 921. The minimum Gasteiger partial charge on any atom is -0.496 e. The highest BCUT2D eigenvalue weighted by Crippen LogP contribution is 2.35. The molecule has 27 heavy (non-hydrogen) atoms. The van der Waals surface area contributed by atoms with Crippen molar-refractivity contribution in [3.05, 3.63) is 35.7 Å². The Hall–Kier alpha value is -1.90. The molecule has 2 aromatic rings. The predicted molar refractivity (Wildman–Crippen MR) is 105 cm³/mol. The standard InChI is InChI=1S/C19H27N3O4S/c1-13-14(2)18(25-5)7-6-16(13)19-20-8-9-22(19)17-11-26-10-15(17)12-27(23,24)21(3)4/h6-9,15,17H,10-12H2,1-5H3/t15-,17+/m0/s1. The number of benzene rings is 1. The van der Waals surface area contributed by atoms with Gasteiger partial charge in [-0.2, -0.15) is 0 Å². The maximum absolute atomic E-state index is 12.4. The molecule has 0 radical (unpaired) electrons. The molecule has 8 heteroatoms. The molecule has 1 fully saturated rings. The molecule has 0 spiro atoms. The van der Waals surface area contributed by atoms with E-state index in [1.807, 2.05) is 32.2 Å². The van der Waals surface area contributed by atoms with Crippen LogP contribution >= 0.6 is 0 Å². The van der Waals surface area contributed by atoms with Crippen molar-refractivity contribution < 1.29 is 17.9 Å². The van der Waals surface area contributed by atoms with Crippen molar-refractivity contribution in [2.45, 2.75) is 19.9 Å². The van der Waals surface area contributed by atoms with Gasteiger partial charge in [0.2, 0.25) is 10.0 Å². The lowest BCUT2D eigenvalue weighted by molar-refractivity contribution is 0.182. The van der Waals surface area contributed by atoms with Crippen LogP contribution in [-0.2, 0) is 14.8 Å². The molecule has 7 nitrogen and oxygen atoms in total. The highest BCUT2D eigenvalue weighted by atomic mass is 32.2. The maximum Gasteiger partial charge on any atom is 0.214 e. The third-order valence-corrected chi connectivity index (χ3v) is 7.33. The molecule has 0 aliphatic carbocycles. The lowest BCUT2D eigenvalue weighted by Crippen LogP contribution is -2.32. The number of hydrogen-bond donors (Lipinski definition) is 0. The number of imidazole rings is 1. The number of nitrogens with zero attached hydrogens (tertiary/aromatic N) is 3. The van der Waals surface area contributed by atoms with Gasteiger partial charge < -0.3 is 14.0 Å². The van der Waals surface area contributed by atoms with Gasteiger partial charge in [0, 0.05) is 38.0 Å². The van der Waals surface area contributed by atoms with E-state index in [2.05, 4.69) is 9.55 Å². The van der Waals surface area contributed by atoms with Gasteiger partial charge in [-0.3, -0.25) is 0 Å². The topological polar surface area (TPSA) is 73.7 Å². The van der Waals surface area contributed by atoms with Crippen molar-refractivity contribution in [2.24, 2.45) is 5.92 Å². The van der Waals surface area contributed by atoms with Gasteiger partial charge in [0.25, 0.3) is 0 Å². The molecule has 1 aliphatic heterocycles. The zero-order chi connectivity index (χ0) is 19.8. The average molecular weight is 394 g/mol. The molecule has 2 atom stereocenters. The number of methoxy groups -OCH3 is 1. The van der Waals surface area contributed by atoms with E-state index >= 15 is 0 Å². The molecule has 148 valence electrons. The van der Waals surface area contributed by atoms with Crippen LogP contribution in [0.3, 0.4) is 0 Å². The van der Waals surface area contributed by atoms with Crippen LogP contribution in [0, 0.1) is 19.8 Å². The highest BCUT2D eigenvalue weighted by Gasteiger charge is 2.35. The Morgan fingerprint density at radius 1 is 1.26 bits per heavy atom. The van der Waals surface area contributed by atoms with Crippen LogP contribution in [0.4, 0.5) is 0 Å². The van der Waals surface area contributed by atoms with Crippen molar-refractivity contribution in [2.75, 3.05) is 40.2 Å². The molecular weight excluding hydrogens is 366 g/mol. The second-order valence-electron chi connectivity index (χ2n) is 7.15. The van der Waals surface area contributed by atoms with Crippen molar-refractivity contribution >= 4 is 10.0 Å². The minimum absolute atomic E-state index is 0.0584. The average Bonchev–Trinajstić information content (AvgIpc) is 3.25. The van der Waals surface area contributed by atoms with Crippen molar-refractivity contribution in [3.8, 4) is 17.1 Å². The molecule has 1 saturated heterocycles. The van der Waals surface area contributed by atoms with Crippen molar-refractivity contribution in [3.63, 3.8) is 0 Å². The van der Waals surface area contributed by atoms with Gasteiger partial charge in [0.15, 0.2) is 0 Å². The quantitative estimate of drug-likeness (QED) is 0.753. The lowest BCUT2D eigenvalue weighted by atomic mass is 10.0. The van der Waals surface area contributed by atoms with Crippen LogP contribution in [0.5, 0.6) is 5.75 Å². The Kier molecular flexibility index (Phi) is 5.60. The first-order chi connectivity index (χ1) is 12.8. The molecule has 0 amide bonds. The summed E-state index contributed by atoms with van der Waals surface area (Å²) in [6, 6.07) is 3.87. The SMILES string of the molecule is COc1ccc(-c2nccn2[C@@H]2COC[C@H]2CS(=O)(=O)N(C)C)c(C)c1C. The molecule has 1 aromatic heterocycles. The van der Waals surface area contributed by atoms with E-state index in [0.717, 1.165) is 28.3 Å². The molecule has 0 saturated carbocycles. The van der Waals surface area contributed by atoms with Crippen LogP contribution < -0.4 is 4.74 Å². The number of hydrogen-bond acceptors (Lipinski definition) is 5. The minimum atomic E-state index is -3.30. The van der Waals surface area contributed by atoms with E-state index in [-0.39, 0.29) is 17.7 Å². The fourth-order valence-corrected chi connectivity index (χ4v) is 4.68. The second-order valence-corrected chi connectivity index (χ2v) is 9.38. The zero-order valence-electron chi connectivity index (χ0n) is 16.5. The Balaban J connectivity index is 1.97. The molecule has 3 rings (SSSR count). The number of sulfonamides is 1. The zero-order valence-corrected chi connectivity index (χ0v) is 17.3. The summed E-state index contributed by atoms with van der Waals surface area (Å²) in [5, 5.41) is 0. The molecule has 0 bridgehead atoms. The molecular formula is C19H27N3O4S. The molecule has 2 heterocycles. The smallest absolute Gasteiger partial charge is 0.214 e. The first kappa shape index (κ1) is 19.9. The molecule has 0 N–H and O–H groups in total. The first-order valence-corrected chi connectivity index (χ1v) is 10.5. The van der Waals surface area contributed by atoms with Crippen molar-refractivity contribution in [1.29, 1.82) is 0 Å². The lowest BCUT2D eigenvalue weighted by Gasteiger charge is -2.23. The van der Waals surface area contributed by atoms with E-state index < -0.39 is 10.0 Å². The fraction of sp³-hybridized carbons (Fsp3) is 0.526. The molecule has 1 aromatic carbocycles. The van der Waals surface area contributed by atoms with Crippen LogP contribution in [0.25, 0.3) is 11.4 Å². The van der Waals surface area contributed by atoms with E-state index in [4.69, 9.17) is 9.47 Å². The van der Waals surface area contributed by atoms with Crippen LogP contribution in [0.15, 0.2) is 24.5 Å². The number of aromatic nitrogens is 2. The number of ether oxygens (including phenoxy) is 2. The summed E-state index contributed by atoms with van der Waals surface area (Å²) < 4.78 is 39.1. The van der Waals surface area contributed by atoms with E-state index in [1.54, 1.807) is 27.4 Å². The molecule has 0 unspecified atom stereocenters. The third-order valence-electron chi connectivity index (χ3n) is 5.37. The van der Waals surface area contributed by atoms with Gasteiger partial charge in [-0.1, -0.05) is 0 Å². The highest BCUT2D eigenvalue weighted by molar-refractivity contribution is 7.89. The third kappa shape index (κ3) is 3.74. The summed E-state index contributed by atoms with van der Waals surface area (Å²) in [5.74, 6) is 1.60. The fourth-order valence-electron chi connectivity index (χ4n) is 3.52. The van der Waals surface area contributed by atoms with Gasteiger partial charge in [-0.25, -0.2) is 17.7 Å². The summed E-state index contributed by atoms with van der Waals surface area (Å²) in [6.07, 6.45) is 3.66. The largest absolute Gasteiger partial charge is 0.496 e. The maximum atomic E-state index is 12.4. The Labute approximate surface area is 161 Å². The monoisotopic (exact) mass is 393 g/mol.